The predicted octanol–water partition coefficient (Wildman–Crippen LogP) is 3.20. The van der Waals surface area contributed by atoms with Gasteiger partial charge in [-0.1, -0.05) is 24.4 Å². The van der Waals surface area contributed by atoms with Crippen LogP contribution in [0.2, 0.25) is 5.02 Å². The third-order valence-corrected chi connectivity index (χ3v) is 5.36. The first-order chi connectivity index (χ1) is 11.6. The van der Waals surface area contributed by atoms with Crippen LogP contribution in [0.1, 0.15) is 66.7 Å². The molecule has 2 aromatic heterocycles. The minimum atomic E-state index is -0.105. The molecule has 126 valence electrons. The van der Waals surface area contributed by atoms with E-state index in [9.17, 15) is 4.79 Å². The molecule has 0 aromatic carbocycles. The summed E-state index contributed by atoms with van der Waals surface area (Å²) in [5, 5.41) is 9.38. The van der Waals surface area contributed by atoms with Gasteiger partial charge in [0.25, 0.3) is 5.91 Å². The van der Waals surface area contributed by atoms with Crippen LogP contribution >= 0.6 is 11.6 Å². The summed E-state index contributed by atoms with van der Waals surface area (Å²) in [5.74, 6) is 2.42. The summed E-state index contributed by atoms with van der Waals surface area (Å²) in [4.78, 5) is 18.7. The van der Waals surface area contributed by atoms with Crippen LogP contribution in [0.25, 0.3) is 0 Å². The van der Waals surface area contributed by atoms with Crippen LogP contribution in [-0.4, -0.2) is 37.1 Å². The molecule has 2 aliphatic rings. The number of fused-ring (bicyclic) bond motifs is 1. The standard InChI is InChI=1S/C17H20ClN5O/c1-11-15-20-21-16(12-4-2-3-5-12)23(15)9-8-22(11)17(24)14-7-6-13(18)10-19-14/h6-7,10-12H,2-5,8-9H2,1H3. The number of halogens is 1. The lowest BCUT2D eigenvalue weighted by Crippen LogP contribution is -2.42. The van der Waals surface area contributed by atoms with Crippen LogP contribution in [-0.2, 0) is 6.54 Å². The molecule has 1 aliphatic heterocycles. The Morgan fingerprint density at radius 3 is 2.62 bits per heavy atom. The van der Waals surface area contributed by atoms with Gasteiger partial charge in [0.2, 0.25) is 0 Å². The van der Waals surface area contributed by atoms with Crippen molar-refractivity contribution in [3.8, 4) is 0 Å². The summed E-state index contributed by atoms with van der Waals surface area (Å²) in [5.41, 5.74) is 0.412. The van der Waals surface area contributed by atoms with Crippen LogP contribution in [0.3, 0.4) is 0 Å². The van der Waals surface area contributed by atoms with Crippen LogP contribution in [0.4, 0.5) is 0 Å². The number of carbonyl (C=O) groups is 1. The minimum Gasteiger partial charge on any atom is -0.326 e. The molecule has 1 unspecified atom stereocenters. The summed E-state index contributed by atoms with van der Waals surface area (Å²) >= 11 is 5.85. The van der Waals surface area contributed by atoms with Crippen LogP contribution in [0.5, 0.6) is 0 Å². The zero-order chi connectivity index (χ0) is 16.7. The Hall–Kier alpha value is -1.95. The van der Waals surface area contributed by atoms with Gasteiger partial charge < -0.3 is 9.47 Å². The van der Waals surface area contributed by atoms with E-state index in [4.69, 9.17) is 11.6 Å². The number of rotatable bonds is 2. The molecular weight excluding hydrogens is 326 g/mol. The predicted molar refractivity (Wildman–Crippen MR) is 89.9 cm³/mol. The highest BCUT2D eigenvalue weighted by molar-refractivity contribution is 6.30. The lowest BCUT2D eigenvalue weighted by Gasteiger charge is -2.34. The third kappa shape index (κ3) is 2.59. The minimum absolute atomic E-state index is 0.0872. The van der Waals surface area contributed by atoms with Gasteiger partial charge in [-0.25, -0.2) is 4.98 Å². The fraction of sp³-hybridized carbons (Fsp3) is 0.529. The maximum atomic E-state index is 12.8. The van der Waals surface area contributed by atoms with E-state index in [1.54, 1.807) is 12.1 Å². The first-order valence-corrected chi connectivity index (χ1v) is 8.88. The Morgan fingerprint density at radius 2 is 1.92 bits per heavy atom. The number of pyridine rings is 1. The van der Waals surface area contributed by atoms with Crippen molar-refractivity contribution in [2.24, 2.45) is 0 Å². The second-order valence-electron chi connectivity index (χ2n) is 6.59. The van der Waals surface area contributed by atoms with Crippen LogP contribution in [0.15, 0.2) is 18.3 Å². The van der Waals surface area contributed by atoms with E-state index < -0.39 is 0 Å². The summed E-state index contributed by atoms with van der Waals surface area (Å²) in [7, 11) is 0. The Kier molecular flexibility index (Phi) is 4.00. The molecular formula is C17H20ClN5O. The Morgan fingerprint density at radius 1 is 1.17 bits per heavy atom. The van der Waals surface area contributed by atoms with Gasteiger partial charge >= 0.3 is 0 Å². The molecule has 24 heavy (non-hydrogen) atoms. The quantitative estimate of drug-likeness (QED) is 0.838. The topological polar surface area (TPSA) is 63.9 Å². The molecule has 4 rings (SSSR count). The summed E-state index contributed by atoms with van der Waals surface area (Å²) in [6.07, 6.45) is 6.45. The van der Waals surface area contributed by atoms with Crippen molar-refractivity contribution < 1.29 is 4.79 Å². The molecule has 1 saturated carbocycles. The SMILES string of the molecule is CC1c2nnc(C3CCCC3)n2CCN1C(=O)c1ccc(Cl)cn1. The van der Waals surface area contributed by atoms with E-state index in [0.717, 1.165) is 18.2 Å². The molecule has 6 nitrogen and oxygen atoms in total. The second kappa shape index (κ2) is 6.16. The largest absolute Gasteiger partial charge is 0.326 e. The van der Waals surface area contributed by atoms with Gasteiger partial charge in [0.15, 0.2) is 5.82 Å². The molecule has 2 aromatic rings. The molecule has 1 amide bonds. The monoisotopic (exact) mass is 345 g/mol. The van der Waals surface area contributed by atoms with Crippen molar-refractivity contribution in [1.82, 2.24) is 24.6 Å². The number of carbonyl (C=O) groups excluding carboxylic acids is 1. The van der Waals surface area contributed by atoms with Gasteiger partial charge in [0, 0.05) is 25.2 Å². The van der Waals surface area contributed by atoms with Crippen molar-refractivity contribution in [2.45, 2.75) is 51.1 Å². The van der Waals surface area contributed by atoms with Crippen molar-refractivity contribution >= 4 is 17.5 Å². The van der Waals surface area contributed by atoms with Crippen molar-refractivity contribution in [3.63, 3.8) is 0 Å². The maximum Gasteiger partial charge on any atom is 0.273 e. The van der Waals surface area contributed by atoms with Gasteiger partial charge in [-0.2, -0.15) is 0 Å². The highest BCUT2D eigenvalue weighted by Gasteiger charge is 2.34. The van der Waals surface area contributed by atoms with Gasteiger partial charge in [-0.05, 0) is 31.9 Å². The third-order valence-electron chi connectivity index (χ3n) is 5.14. The molecule has 3 heterocycles. The summed E-state index contributed by atoms with van der Waals surface area (Å²) in [6.45, 7) is 3.40. The maximum absolute atomic E-state index is 12.8. The highest BCUT2D eigenvalue weighted by atomic mass is 35.5. The Bertz CT molecular complexity index is 751. The van der Waals surface area contributed by atoms with E-state index in [2.05, 4.69) is 19.7 Å². The van der Waals surface area contributed by atoms with E-state index in [1.165, 1.54) is 31.9 Å². The van der Waals surface area contributed by atoms with E-state index in [-0.39, 0.29) is 11.9 Å². The lowest BCUT2D eigenvalue weighted by atomic mass is 10.1. The lowest BCUT2D eigenvalue weighted by molar-refractivity contribution is 0.0629. The average molecular weight is 346 g/mol. The smallest absolute Gasteiger partial charge is 0.273 e. The van der Waals surface area contributed by atoms with E-state index >= 15 is 0 Å². The average Bonchev–Trinajstić information content (AvgIpc) is 3.24. The highest BCUT2D eigenvalue weighted by Crippen LogP contribution is 2.35. The number of amides is 1. The van der Waals surface area contributed by atoms with Crippen LogP contribution < -0.4 is 0 Å². The second-order valence-corrected chi connectivity index (χ2v) is 7.02. The van der Waals surface area contributed by atoms with Gasteiger partial charge in [0.05, 0.1) is 11.1 Å². The number of hydrogen-bond acceptors (Lipinski definition) is 4. The molecule has 0 spiro atoms. The molecule has 7 heteroatoms. The van der Waals surface area contributed by atoms with Crippen molar-refractivity contribution in [1.29, 1.82) is 0 Å². The number of aromatic nitrogens is 4. The zero-order valence-electron chi connectivity index (χ0n) is 13.7. The normalized spacial score (nSPS) is 21.1. The zero-order valence-corrected chi connectivity index (χ0v) is 14.4. The summed E-state index contributed by atoms with van der Waals surface area (Å²) < 4.78 is 2.22. The number of hydrogen-bond donors (Lipinski definition) is 0. The Labute approximate surface area is 145 Å². The Balaban J connectivity index is 1.59. The fourth-order valence-electron chi connectivity index (χ4n) is 3.82. The van der Waals surface area contributed by atoms with Crippen molar-refractivity contribution in [2.75, 3.05) is 6.54 Å². The molecule has 0 bridgehead atoms. The number of nitrogens with zero attached hydrogens (tertiary/aromatic N) is 5. The van der Waals surface area contributed by atoms with E-state index in [0.29, 0.717) is 23.2 Å². The molecule has 0 N–H and O–H groups in total. The fourth-order valence-corrected chi connectivity index (χ4v) is 3.93. The molecule has 0 saturated heterocycles. The first-order valence-electron chi connectivity index (χ1n) is 8.50. The molecule has 0 radical (unpaired) electrons. The van der Waals surface area contributed by atoms with E-state index in [1.807, 2.05) is 11.8 Å². The van der Waals surface area contributed by atoms with Crippen LogP contribution in [0, 0.1) is 0 Å². The van der Waals surface area contributed by atoms with Gasteiger partial charge in [0.1, 0.15) is 11.5 Å². The van der Waals surface area contributed by atoms with Crippen molar-refractivity contribution in [3.05, 3.63) is 40.7 Å². The molecule has 1 fully saturated rings. The molecule has 1 aliphatic carbocycles. The first kappa shape index (κ1) is 15.6. The molecule has 1 atom stereocenters. The summed E-state index contributed by atoms with van der Waals surface area (Å²) in [6, 6.07) is 3.25. The van der Waals surface area contributed by atoms with Gasteiger partial charge in [-0.3, -0.25) is 4.79 Å². The van der Waals surface area contributed by atoms with Gasteiger partial charge in [-0.15, -0.1) is 10.2 Å².